The van der Waals surface area contributed by atoms with Gasteiger partial charge in [-0.25, -0.2) is 17.5 Å². The van der Waals surface area contributed by atoms with Crippen LogP contribution in [0.3, 0.4) is 0 Å². The molecular formula is C17H17FN2O5S. The molecule has 1 N–H and O–H groups in total. The molecule has 1 unspecified atom stereocenters. The molecule has 1 atom stereocenters. The molecule has 1 aromatic carbocycles. The molecule has 2 rings (SSSR count). The number of hydrogen-bond donors (Lipinski definition) is 1. The first kappa shape index (κ1) is 19.7. The Morgan fingerprint density at radius 2 is 2.12 bits per heavy atom. The van der Waals surface area contributed by atoms with Gasteiger partial charge in [-0.05, 0) is 36.8 Å². The lowest BCUT2D eigenvalue weighted by molar-refractivity contribution is -0.107. The van der Waals surface area contributed by atoms with Crippen molar-refractivity contribution in [3.05, 3.63) is 65.2 Å². The molecule has 1 aromatic heterocycles. The van der Waals surface area contributed by atoms with Crippen molar-refractivity contribution in [1.29, 1.82) is 0 Å². The Morgan fingerprint density at radius 3 is 2.69 bits per heavy atom. The van der Waals surface area contributed by atoms with E-state index in [2.05, 4.69) is 4.98 Å². The fraction of sp³-hybridized carbons (Fsp3) is 0.235. The van der Waals surface area contributed by atoms with Gasteiger partial charge in [-0.2, -0.15) is 0 Å². The van der Waals surface area contributed by atoms with Crippen LogP contribution in [0, 0.1) is 5.82 Å². The molecule has 2 aromatic rings. The maximum absolute atomic E-state index is 13.3. The van der Waals surface area contributed by atoms with Crippen LogP contribution in [0.15, 0.2) is 42.6 Å². The number of aldehydes is 1. The van der Waals surface area contributed by atoms with E-state index in [0.717, 1.165) is 12.1 Å². The zero-order chi connectivity index (χ0) is 19.2. The standard InChI is InChI=1S/C17H17FN2O5S/c1-2-25-11-15-7-6-13(9-19-15)17(22)20-26(23,24)16(10-21)12-4-3-5-14(18)8-12/h3-10,16H,2,11H2,1H3,(H,20,22). The highest BCUT2D eigenvalue weighted by molar-refractivity contribution is 7.91. The fourth-order valence-corrected chi connectivity index (χ4v) is 3.27. The number of ether oxygens (including phenoxy) is 1. The number of sulfonamides is 1. The maximum Gasteiger partial charge on any atom is 0.266 e. The van der Waals surface area contributed by atoms with Crippen LogP contribution in [0.1, 0.15) is 33.8 Å². The van der Waals surface area contributed by atoms with Crippen LogP contribution in [0.5, 0.6) is 0 Å². The van der Waals surface area contributed by atoms with Gasteiger partial charge < -0.3 is 9.53 Å². The third-order valence-corrected chi connectivity index (χ3v) is 4.93. The third-order valence-electron chi connectivity index (χ3n) is 3.41. The Kier molecular flexibility index (Phi) is 6.53. The summed E-state index contributed by atoms with van der Waals surface area (Å²) in [4.78, 5) is 27.4. The van der Waals surface area contributed by atoms with E-state index in [-0.39, 0.29) is 24.0 Å². The van der Waals surface area contributed by atoms with E-state index in [1.54, 1.807) is 0 Å². The highest BCUT2D eigenvalue weighted by atomic mass is 32.2. The second kappa shape index (κ2) is 8.63. The largest absolute Gasteiger partial charge is 0.375 e. The van der Waals surface area contributed by atoms with E-state index in [9.17, 15) is 22.4 Å². The Morgan fingerprint density at radius 1 is 1.35 bits per heavy atom. The van der Waals surface area contributed by atoms with Gasteiger partial charge in [-0.15, -0.1) is 0 Å². The van der Waals surface area contributed by atoms with Crippen molar-refractivity contribution >= 4 is 22.2 Å². The zero-order valence-corrected chi connectivity index (χ0v) is 14.7. The van der Waals surface area contributed by atoms with Gasteiger partial charge in [-0.1, -0.05) is 12.1 Å². The number of carbonyl (C=O) groups is 2. The molecule has 7 nitrogen and oxygen atoms in total. The van der Waals surface area contributed by atoms with Crippen LogP contribution >= 0.6 is 0 Å². The number of nitrogens with zero attached hydrogens (tertiary/aromatic N) is 1. The minimum atomic E-state index is -4.40. The van der Waals surface area contributed by atoms with Crippen LogP contribution in [0.2, 0.25) is 0 Å². The lowest BCUT2D eigenvalue weighted by Crippen LogP contribution is -2.35. The van der Waals surface area contributed by atoms with Gasteiger partial charge >= 0.3 is 0 Å². The topological polar surface area (TPSA) is 102 Å². The molecule has 0 bridgehead atoms. The number of pyridine rings is 1. The summed E-state index contributed by atoms with van der Waals surface area (Å²) in [6, 6.07) is 7.53. The molecule has 9 heteroatoms. The molecule has 0 saturated carbocycles. The van der Waals surface area contributed by atoms with Crippen LogP contribution in [-0.2, 0) is 26.2 Å². The van der Waals surface area contributed by atoms with Gasteiger partial charge in [0.05, 0.1) is 17.9 Å². The summed E-state index contributed by atoms with van der Waals surface area (Å²) in [7, 11) is -4.40. The van der Waals surface area contributed by atoms with Crippen molar-refractivity contribution in [3.8, 4) is 0 Å². The third kappa shape index (κ3) is 4.93. The quantitative estimate of drug-likeness (QED) is 0.700. The van der Waals surface area contributed by atoms with Crippen LogP contribution in [0.4, 0.5) is 4.39 Å². The van der Waals surface area contributed by atoms with Gasteiger partial charge in [-0.3, -0.25) is 9.78 Å². The minimum Gasteiger partial charge on any atom is -0.375 e. The van der Waals surface area contributed by atoms with Gasteiger partial charge in [0.2, 0.25) is 10.0 Å². The van der Waals surface area contributed by atoms with Crippen molar-refractivity contribution in [2.75, 3.05) is 6.61 Å². The minimum absolute atomic E-state index is 0.00212. The molecular weight excluding hydrogens is 363 g/mol. The number of halogens is 1. The SMILES string of the molecule is CCOCc1ccc(C(=O)NS(=O)(=O)C(C=O)c2cccc(F)c2)cn1. The molecule has 0 aliphatic rings. The van der Waals surface area contributed by atoms with E-state index in [0.29, 0.717) is 12.3 Å². The lowest BCUT2D eigenvalue weighted by Gasteiger charge is -2.13. The molecule has 1 amide bonds. The van der Waals surface area contributed by atoms with E-state index >= 15 is 0 Å². The monoisotopic (exact) mass is 380 g/mol. The van der Waals surface area contributed by atoms with Gasteiger partial charge in [0.1, 0.15) is 12.1 Å². The number of amides is 1. The predicted octanol–water partition coefficient (Wildman–Crippen LogP) is 1.76. The van der Waals surface area contributed by atoms with E-state index < -0.39 is 27.0 Å². The van der Waals surface area contributed by atoms with Crippen molar-refractivity contribution < 1.29 is 27.1 Å². The molecule has 0 saturated heterocycles. The number of hydrogen-bond acceptors (Lipinski definition) is 6. The molecule has 0 aliphatic heterocycles. The number of aromatic nitrogens is 1. The van der Waals surface area contributed by atoms with Crippen molar-refractivity contribution in [1.82, 2.24) is 9.71 Å². The Bertz CT molecular complexity index is 884. The molecule has 0 aliphatic carbocycles. The van der Waals surface area contributed by atoms with Crippen molar-refractivity contribution in [2.24, 2.45) is 0 Å². The van der Waals surface area contributed by atoms with E-state index in [1.807, 2.05) is 11.6 Å². The highest BCUT2D eigenvalue weighted by Gasteiger charge is 2.29. The predicted molar refractivity (Wildman–Crippen MR) is 91.2 cm³/mol. The normalized spacial score (nSPS) is 12.4. The Balaban J connectivity index is 2.16. The summed E-state index contributed by atoms with van der Waals surface area (Å²) >= 11 is 0. The van der Waals surface area contributed by atoms with Gasteiger partial charge in [0.25, 0.3) is 5.91 Å². The highest BCUT2D eigenvalue weighted by Crippen LogP contribution is 2.20. The van der Waals surface area contributed by atoms with E-state index in [1.165, 1.54) is 30.5 Å². The molecule has 0 fully saturated rings. The fourth-order valence-electron chi connectivity index (χ4n) is 2.12. The summed E-state index contributed by atoms with van der Waals surface area (Å²) in [5.74, 6) is -1.63. The Hall–Kier alpha value is -2.65. The average Bonchev–Trinajstić information content (AvgIpc) is 2.60. The zero-order valence-electron chi connectivity index (χ0n) is 13.9. The molecule has 26 heavy (non-hydrogen) atoms. The molecule has 0 spiro atoms. The average molecular weight is 380 g/mol. The second-order valence-corrected chi connectivity index (χ2v) is 7.07. The smallest absolute Gasteiger partial charge is 0.266 e. The summed E-state index contributed by atoms with van der Waals surface area (Å²) in [5.41, 5.74) is 0.500. The van der Waals surface area contributed by atoms with Crippen molar-refractivity contribution in [2.45, 2.75) is 18.8 Å². The summed E-state index contributed by atoms with van der Waals surface area (Å²) in [5, 5.41) is -1.72. The van der Waals surface area contributed by atoms with Crippen LogP contribution < -0.4 is 4.72 Å². The first-order valence-corrected chi connectivity index (χ1v) is 9.21. The number of rotatable bonds is 8. The first-order valence-electron chi connectivity index (χ1n) is 7.66. The lowest BCUT2D eigenvalue weighted by atomic mass is 10.1. The number of carbonyl (C=O) groups excluding carboxylic acids is 2. The molecule has 0 radical (unpaired) electrons. The van der Waals surface area contributed by atoms with Crippen LogP contribution in [-0.4, -0.2) is 32.2 Å². The van der Waals surface area contributed by atoms with Crippen LogP contribution in [0.25, 0.3) is 0 Å². The Labute approximate surface area is 150 Å². The van der Waals surface area contributed by atoms with Gasteiger partial charge in [0, 0.05) is 12.8 Å². The molecule has 138 valence electrons. The first-order chi connectivity index (χ1) is 12.4. The number of nitrogens with one attached hydrogen (secondary N) is 1. The molecule has 1 heterocycles. The van der Waals surface area contributed by atoms with E-state index in [4.69, 9.17) is 4.74 Å². The summed E-state index contributed by atoms with van der Waals surface area (Å²) < 4.78 is 45.0. The maximum atomic E-state index is 13.3. The number of benzene rings is 1. The van der Waals surface area contributed by atoms with Gasteiger partial charge in [0.15, 0.2) is 5.25 Å². The van der Waals surface area contributed by atoms with Crippen molar-refractivity contribution in [3.63, 3.8) is 0 Å². The summed E-state index contributed by atoms with van der Waals surface area (Å²) in [6.07, 6.45) is 1.34. The summed E-state index contributed by atoms with van der Waals surface area (Å²) in [6.45, 7) is 2.60. The second-order valence-electron chi connectivity index (χ2n) is 5.26.